The first-order valence-corrected chi connectivity index (χ1v) is 10.0. The van der Waals surface area contributed by atoms with Crippen molar-refractivity contribution < 1.29 is 18.8 Å². The molecular formula is C19H28O4S. The number of aryl methyl sites for hydroxylation is 1. The van der Waals surface area contributed by atoms with Crippen molar-refractivity contribution in [1.29, 1.82) is 0 Å². The van der Waals surface area contributed by atoms with Gasteiger partial charge in [0.15, 0.2) is 0 Å². The van der Waals surface area contributed by atoms with Gasteiger partial charge in [-0.2, -0.15) is 0 Å². The fourth-order valence-electron chi connectivity index (χ4n) is 3.64. The fourth-order valence-corrected chi connectivity index (χ4v) is 5.41. The molecule has 2 rings (SSSR count). The molecule has 24 heavy (non-hydrogen) atoms. The first-order chi connectivity index (χ1) is 11.4. The lowest BCUT2D eigenvalue weighted by molar-refractivity contribution is -0.160. The molecule has 0 heterocycles. The van der Waals surface area contributed by atoms with E-state index in [9.17, 15) is 14.1 Å². The molecule has 4 nitrogen and oxygen atoms in total. The number of carbonyl (C=O) groups excluding carboxylic acids is 1. The minimum absolute atomic E-state index is 0.289. The Labute approximate surface area is 147 Å². The van der Waals surface area contributed by atoms with Crippen LogP contribution in [-0.4, -0.2) is 32.7 Å². The van der Waals surface area contributed by atoms with Crippen LogP contribution in [-0.2, 0) is 20.3 Å². The number of esters is 1. The van der Waals surface area contributed by atoms with Gasteiger partial charge in [0.2, 0.25) is 0 Å². The maximum atomic E-state index is 13.1. The van der Waals surface area contributed by atoms with E-state index < -0.39 is 27.6 Å². The molecule has 1 aliphatic rings. The highest BCUT2D eigenvalue weighted by atomic mass is 32.2. The zero-order chi connectivity index (χ0) is 17.7. The van der Waals surface area contributed by atoms with Gasteiger partial charge in [-0.05, 0) is 45.2 Å². The summed E-state index contributed by atoms with van der Waals surface area (Å²) in [6.07, 6.45) is 3.40. The second-order valence-electron chi connectivity index (χ2n) is 6.55. The van der Waals surface area contributed by atoms with Gasteiger partial charge < -0.3 is 9.84 Å². The van der Waals surface area contributed by atoms with E-state index in [0.717, 1.165) is 18.4 Å². The van der Waals surface area contributed by atoms with Crippen molar-refractivity contribution in [2.24, 2.45) is 5.92 Å². The molecule has 0 unspecified atom stereocenters. The minimum Gasteiger partial charge on any atom is -0.466 e. The van der Waals surface area contributed by atoms with E-state index in [1.807, 2.05) is 38.1 Å². The summed E-state index contributed by atoms with van der Waals surface area (Å²) >= 11 is 0. The number of ether oxygens (including phenoxy) is 1. The summed E-state index contributed by atoms with van der Waals surface area (Å²) in [5.74, 6) is -1.01. The molecule has 0 aromatic heterocycles. The Morgan fingerprint density at radius 2 is 2.00 bits per heavy atom. The van der Waals surface area contributed by atoms with Gasteiger partial charge >= 0.3 is 5.97 Å². The van der Waals surface area contributed by atoms with Gasteiger partial charge in [-0.15, -0.1) is 0 Å². The first-order valence-electron chi connectivity index (χ1n) is 8.80. The Morgan fingerprint density at radius 3 is 2.58 bits per heavy atom. The van der Waals surface area contributed by atoms with Crippen LogP contribution in [0.1, 0.15) is 51.5 Å². The summed E-state index contributed by atoms with van der Waals surface area (Å²) in [6, 6.07) is 7.56. The number of hydrogen-bond donors (Lipinski definition) is 1. The molecule has 134 valence electrons. The molecule has 0 spiro atoms. The summed E-state index contributed by atoms with van der Waals surface area (Å²) in [5, 5.41) is 10.9. The summed E-state index contributed by atoms with van der Waals surface area (Å²) in [5.41, 5.74) is -0.165. The van der Waals surface area contributed by atoms with E-state index >= 15 is 0 Å². The normalized spacial score (nSPS) is 26.6. The van der Waals surface area contributed by atoms with Crippen LogP contribution < -0.4 is 0 Å². The van der Waals surface area contributed by atoms with Crippen molar-refractivity contribution >= 4 is 16.8 Å². The van der Waals surface area contributed by atoms with Crippen LogP contribution in [0.25, 0.3) is 0 Å². The molecule has 0 saturated heterocycles. The summed E-state index contributed by atoms with van der Waals surface area (Å²) in [4.78, 5) is 13.1. The van der Waals surface area contributed by atoms with Crippen molar-refractivity contribution in [2.45, 2.75) is 68.6 Å². The minimum atomic E-state index is -1.35. The lowest BCUT2D eigenvalue weighted by Gasteiger charge is -2.43. The molecule has 4 atom stereocenters. The third-order valence-electron chi connectivity index (χ3n) is 4.95. The van der Waals surface area contributed by atoms with Gasteiger partial charge in [-0.1, -0.05) is 37.5 Å². The molecule has 0 aliphatic heterocycles. The van der Waals surface area contributed by atoms with Gasteiger partial charge in [0.1, 0.15) is 0 Å². The Balaban J connectivity index is 2.32. The Morgan fingerprint density at radius 1 is 1.33 bits per heavy atom. The Bertz CT molecular complexity index is 584. The second-order valence-corrected chi connectivity index (χ2v) is 8.18. The first kappa shape index (κ1) is 19.1. The van der Waals surface area contributed by atoms with Crippen molar-refractivity contribution in [1.82, 2.24) is 0 Å². The van der Waals surface area contributed by atoms with Crippen LogP contribution >= 0.6 is 0 Å². The summed E-state index contributed by atoms with van der Waals surface area (Å²) in [6.45, 7) is 5.91. The zero-order valence-corrected chi connectivity index (χ0v) is 15.6. The SMILES string of the molecule is CCOC(=O)[C@H](CC)[C@@]1(O)CCCC[C@@H]1[S@@](=O)c1ccc(C)cc1. The molecule has 1 aromatic carbocycles. The molecule has 1 N–H and O–H groups in total. The maximum Gasteiger partial charge on any atom is 0.311 e. The van der Waals surface area contributed by atoms with Crippen molar-refractivity contribution in [3.8, 4) is 0 Å². The molecule has 1 saturated carbocycles. The molecular weight excluding hydrogens is 324 g/mol. The lowest BCUT2D eigenvalue weighted by Crippen LogP contribution is -2.55. The zero-order valence-electron chi connectivity index (χ0n) is 14.8. The predicted octanol–water partition coefficient (Wildman–Crippen LogP) is 3.37. The highest BCUT2D eigenvalue weighted by Gasteiger charge is 2.50. The second kappa shape index (κ2) is 8.26. The topological polar surface area (TPSA) is 63.6 Å². The predicted molar refractivity (Wildman–Crippen MR) is 95.2 cm³/mol. The average molecular weight is 352 g/mol. The third kappa shape index (κ3) is 3.89. The van der Waals surface area contributed by atoms with Gasteiger partial charge in [0.25, 0.3) is 0 Å². The lowest BCUT2D eigenvalue weighted by atomic mass is 9.74. The van der Waals surface area contributed by atoms with Gasteiger partial charge in [0.05, 0.1) is 34.2 Å². The highest BCUT2D eigenvalue weighted by molar-refractivity contribution is 7.85. The highest BCUT2D eigenvalue weighted by Crippen LogP contribution is 2.41. The van der Waals surface area contributed by atoms with Crippen LogP contribution in [0.2, 0.25) is 0 Å². The number of rotatable bonds is 6. The van der Waals surface area contributed by atoms with E-state index in [-0.39, 0.29) is 12.6 Å². The number of carbonyl (C=O) groups is 1. The van der Waals surface area contributed by atoms with Gasteiger partial charge in [0, 0.05) is 4.90 Å². The number of hydrogen-bond acceptors (Lipinski definition) is 4. The number of benzene rings is 1. The van der Waals surface area contributed by atoms with E-state index in [2.05, 4.69) is 0 Å². The van der Waals surface area contributed by atoms with Crippen LogP contribution in [0.4, 0.5) is 0 Å². The largest absolute Gasteiger partial charge is 0.466 e. The van der Waals surface area contributed by atoms with Crippen LogP contribution in [0.3, 0.4) is 0 Å². The summed E-state index contributed by atoms with van der Waals surface area (Å²) in [7, 11) is -1.35. The van der Waals surface area contributed by atoms with Crippen molar-refractivity contribution in [3.63, 3.8) is 0 Å². The van der Waals surface area contributed by atoms with Crippen molar-refractivity contribution in [3.05, 3.63) is 29.8 Å². The van der Waals surface area contributed by atoms with E-state index in [4.69, 9.17) is 4.74 Å². The molecule has 1 aliphatic carbocycles. The molecule has 0 radical (unpaired) electrons. The fraction of sp³-hybridized carbons (Fsp3) is 0.632. The molecule has 1 fully saturated rings. The Kier molecular flexibility index (Phi) is 6.58. The smallest absolute Gasteiger partial charge is 0.311 e. The molecule has 5 heteroatoms. The number of aliphatic hydroxyl groups is 1. The quantitative estimate of drug-likeness (QED) is 0.797. The van der Waals surface area contributed by atoms with Crippen LogP contribution in [0.5, 0.6) is 0 Å². The monoisotopic (exact) mass is 352 g/mol. The standard InChI is InChI=1S/C19H28O4S/c1-4-16(18(20)23-5-2)19(21)13-7-6-8-17(19)24(22)15-11-9-14(3)10-12-15/h9-12,16-17,21H,4-8,13H2,1-3H3/t16-,17-,19-,24-/m0/s1. The van der Waals surface area contributed by atoms with Crippen LogP contribution in [0, 0.1) is 12.8 Å². The van der Waals surface area contributed by atoms with E-state index in [0.29, 0.717) is 24.2 Å². The molecule has 1 aromatic rings. The van der Waals surface area contributed by atoms with Crippen molar-refractivity contribution in [2.75, 3.05) is 6.61 Å². The molecule has 0 bridgehead atoms. The van der Waals surface area contributed by atoms with Gasteiger partial charge in [-0.3, -0.25) is 9.00 Å². The summed E-state index contributed by atoms with van der Waals surface area (Å²) < 4.78 is 18.3. The van der Waals surface area contributed by atoms with Crippen LogP contribution in [0.15, 0.2) is 29.2 Å². The van der Waals surface area contributed by atoms with E-state index in [1.54, 1.807) is 6.92 Å². The Hall–Kier alpha value is -1.20. The average Bonchev–Trinajstić information content (AvgIpc) is 2.56. The molecule has 0 amide bonds. The van der Waals surface area contributed by atoms with E-state index in [1.165, 1.54) is 0 Å². The van der Waals surface area contributed by atoms with Gasteiger partial charge in [-0.25, -0.2) is 0 Å². The maximum absolute atomic E-state index is 13.1. The third-order valence-corrected chi connectivity index (χ3v) is 6.84.